The maximum absolute atomic E-state index is 13.2. The van der Waals surface area contributed by atoms with Gasteiger partial charge in [-0.2, -0.15) is 0 Å². The minimum atomic E-state index is -0.527. The average Bonchev–Trinajstić information content (AvgIpc) is 3.18. The summed E-state index contributed by atoms with van der Waals surface area (Å²) in [6, 6.07) is 7.88. The average molecular weight is 440 g/mol. The molecule has 1 saturated carbocycles. The Labute approximate surface area is 185 Å². The second-order valence-corrected chi connectivity index (χ2v) is 9.42. The van der Waals surface area contributed by atoms with E-state index in [9.17, 15) is 9.90 Å². The number of nitrogens with zero attached hydrogens (tertiary/aromatic N) is 3. The number of aromatic nitrogens is 3. The normalized spacial score (nSPS) is 23.5. The van der Waals surface area contributed by atoms with E-state index >= 15 is 0 Å². The van der Waals surface area contributed by atoms with E-state index in [1.165, 1.54) is 6.33 Å². The summed E-state index contributed by atoms with van der Waals surface area (Å²) in [4.78, 5) is 27.4. The number of rotatable bonds is 5. The summed E-state index contributed by atoms with van der Waals surface area (Å²) in [5.41, 5.74) is 1.08. The predicted octanol–water partition coefficient (Wildman–Crippen LogP) is 3.63. The zero-order valence-electron chi connectivity index (χ0n) is 17.4. The summed E-state index contributed by atoms with van der Waals surface area (Å²) in [6.07, 6.45) is 7.41. The van der Waals surface area contributed by atoms with E-state index in [-0.39, 0.29) is 11.8 Å². The van der Waals surface area contributed by atoms with Gasteiger partial charge in [-0.1, -0.05) is 23.7 Å². The first-order valence-electron chi connectivity index (χ1n) is 10.8. The van der Waals surface area contributed by atoms with Crippen molar-refractivity contribution in [2.75, 3.05) is 18.4 Å². The molecule has 0 spiro atoms. The molecule has 31 heavy (non-hydrogen) atoms. The first-order chi connectivity index (χ1) is 14.9. The smallest absolute Gasteiger partial charge is 0.196 e. The fourth-order valence-corrected chi connectivity index (χ4v) is 5.13. The number of H-pyrrole nitrogens is 1. The largest absolute Gasteiger partial charge is 0.388 e. The van der Waals surface area contributed by atoms with Crippen molar-refractivity contribution in [1.82, 2.24) is 19.9 Å². The number of hydrogen-bond acceptors (Lipinski definition) is 6. The zero-order chi connectivity index (χ0) is 21.6. The van der Waals surface area contributed by atoms with Gasteiger partial charge >= 0.3 is 0 Å². The molecule has 2 aliphatic rings. The Hall–Kier alpha value is -2.48. The number of anilines is 1. The van der Waals surface area contributed by atoms with Gasteiger partial charge in [0.2, 0.25) is 0 Å². The zero-order valence-corrected chi connectivity index (χ0v) is 18.2. The molecule has 3 aromatic rings. The van der Waals surface area contributed by atoms with Crippen LogP contribution in [0.4, 0.5) is 5.82 Å². The third-order valence-electron chi connectivity index (χ3n) is 6.47. The van der Waals surface area contributed by atoms with Crippen LogP contribution in [0.25, 0.3) is 11.0 Å². The third-order valence-corrected chi connectivity index (χ3v) is 6.80. The lowest BCUT2D eigenvalue weighted by atomic mass is 9.85. The van der Waals surface area contributed by atoms with Crippen molar-refractivity contribution in [3.05, 3.63) is 52.9 Å². The second-order valence-electron chi connectivity index (χ2n) is 9.01. The Morgan fingerprint density at radius 1 is 1.19 bits per heavy atom. The highest BCUT2D eigenvalue weighted by Crippen LogP contribution is 2.33. The summed E-state index contributed by atoms with van der Waals surface area (Å²) < 4.78 is 0. The number of likely N-dealkylation sites (tertiary alicyclic amines) is 1. The van der Waals surface area contributed by atoms with Crippen molar-refractivity contribution in [1.29, 1.82) is 0 Å². The molecule has 0 radical (unpaired) electrons. The third kappa shape index (κ3) is 3.93. The monoisotopic (exact) mass is 439 g/mol. The topological polar surface area (TPSA) is 94.1 Å². The molecule has 3 heterocycles. The van der Waals surface area contributed by atoms with Crippen LogP contribution in [-0.4, -0.2) is 61.5 Å². The molecule has 2 fully saturated rings. The predicted molar refractivity (Wildman–Crippen MR) is 121 cm³/mol. The Balaban J connectivity index is 1.34. The Morgan fingerprint density at radius 2 is 1.94 bits per heavy atom. The molecule has 1 saturated heterocycles. The van der Waals surface area contributed by atoms with Gasteiger partial charge in [0.25, 0.3) is 0 Å². The molecule has 0 amide bonds. The van der Waals surface area contributed by atoms with E-state index in [1.807, 2.05) is 13.0 Å². The van der Waals surface area contributed by atoms with E-state index < -0.39 is 5.60 Å². The van der Waals surface area contributed by atoms with Crippen molar-refractivity contribution in [3.63, 3.8) is 0 Å². The number of aromatic amines is 1. The number of aliphatic hydroxyl groups is 1. The molecule has 162 valence electrons. The summed E-state index contributed by atoms with van der Waals surface area (Å²) in [5.74, 6) is 0.528. The molecule has 5 rings (SSSR count). The highest BCUT2D eigenvalue weighted by atomic mass is 35.5. The number of carbonyl (C=O) groups is 1. The summed E-state index contributed by atoms with van der Waals surface area (Å²) in [7, 11) is 0. The van der Waals surface area contributed by atoms with Crippen LogP contribution in [0.5, 0.6) is 0 Å². The first kappa shape index (κ1) is 20.4. The van der Waals surface area contributed by atoms with Gasteiger partial charge in [-0.15, -0.1) is 0 Å². The summed E-state index contributed by atoms with van der Waals surface area (Å²) in [6.45, 7) is 3.42. The van der Waals surface area contributed by atoms with Crippen LogP contribution >= 0.6 is 11.6 Å². The molecule has 7 nitrogen and oxygen atoms in total. The maximum atomic E-state index is 13.2. The standard InChI is InChI=1S/C23H26ClN5O2/c1-23(31)11-29(12-23)15-8-6-14(7-9-15)28-22-19-17(10-25-21(19)26-13-27-22)20(30)16-4-2-3-5-18(16)24/h2-5,10,13-15,31H,6-9,11-12H2,1H3,(H2,25,26,27,28)/t14-,15+. The van der Waals surface area contributed by atoms with Gasteiger partial charge in [0.1, 0.15) is 17.8 Å². The van der Waals surface area contributed by atoms with Gasteiger partial charge in [-0.3, -0.25) is 9.69 Å². The highest BCUT2D eigenvalue weighted by molar-refractivity contribution is 6.35. The van der Waals surface area contributed by atoms with Gasteiger partial charge in [0.15, 0.2) is 5.78 Å². The molecule has 1 aliphatic carbocycles. The molecular weight excluding hydrogens is 414 g/mol. The molecule has 0 atom stereocenters. The number of β-amino-alcohol motifs (C(OH)–C–C–N with tert-alkyl or cyclic N) is 1. The first-order valence-corrected chi connectivity index (χ1v) is 11.1. The minimum Gasteiger partial charge on any atom is -0.388 e. The van der Waals surface area contributed by atoms with E-state index in [1.54, 1.807) is 24.4 Å². The molecule has 0 bridgehead atoms. The lowest BCUT2D eigenvalue weighted by Crippen LogP contribution is -2.63. The van der Waals surface area contributed by atoms with Gasteiger partial charge in [0, 0.05) is 36.9 Å². The maximum Gasteiger partial charge on any atom is 0.196 e. The van der Waals surface area contributed by atoms with Crippen LogP contribution in [0.2, 0.25) is 5.02 Å². The fraction of sp³-hybridized carbons (Fsp3) is 0.435. The van der Waals surface area contributed by atoms with E-state index in [2.05, 4.69) is 25.2 Å². The lowest BCUT2D eigenvalue weighted by molar-refractivity contribution is -0.107. The summed E-state index contributed by atoms with van der Waals surface area (Å²) in [5, 5.41) is 14.7. The van der Waals surface area contributed by atoms with Crippen LogP contribution < -0.4 is 5.32 Å². The molecule has 0 unspecified atom stereocenters. The van der Waals surface area contributed by atoms with E-state index in [0.717, 1.165) is 38.8 Å². The molecule has 1 aliphatic heterocycles. The van der Waals surface area contributed by atoms with Crippen LogP contribution in [0, 0.1) is 0 Å². The van der Waals surface area contributed by atoms with Gasteiger partial charge in [-0.05, 0) is 44.7 Å². The number of fused-ring (bicyclic) bond motifs is 1. The van der Waals surface area contributed by atoms with Crippen LogP contribution in [-0.2, 0) is 0 Å². The van der Waals surface area contributed by atoms with Crippen LogP contribution in [0.15, 0.2) is 36.8 Å². The number of benzene rings is 1. The van der Waals surface area contributed by atoms with E-state index in [4.69, 9.17) is 11.6 Å². The van der Waals surface area contributed by atoms with Crippen LogP contribution in [0.3, 0.4) is 0 Å². The second kappa shape index (κ2) is 7.89. The minimum absolute atomic E-state index is 0.150. The molecular formula is C23H26ClN5O2. The SMILES string of the molecule is CC1(O)CN([C@H]2CC[C@@H](Nc3ncnc4[nH]cc(C(=O)c5ccccc5Cl)c34)CC2)C1. The Bertz CT molecular complexity index is 1110. The fourth-order valence-electron chi connectivity index (χ4n) is 4.91. The van der Waals surface area contributed by atoms with Gasteiger partial charge in [0.05, 0.1) is 21.6 Å². The Kier molecular flexibility index (Phi) is 5.20. The van der Waals surface area contributed by atoms with Crippen molar-refractivity contribution in [3.8, 4) is 0 Å². The van der Waals surface area contributed by atoms with Crippen LogP contribution in [0.1, 0.15) is 48.5 Å². The Morgan fingerprint density at radius 3 is 2.65 bits per heavy atom. The van der Waals surface area contributed by atoms with Crippen molar-refractivity contribution in [2.24, 2.45) is 0 Å². The van der Waals surface area contributed by atoms with Crippen molar-refractivity contribution >= 4 is 34.2 Å². The number of carbonyl (C=O) groups excluding carboxylic acids is 1. The van der Waals surface area contributed by atoms with Gasteiger partial charge in [-0.25, -0.2) is 9.97 Å². The molecule has 8 heteroatoms. The lowest BCUT2D eigenvalue weighted by Gasteiger charge is -2.50. The molecule has 3 N–H and O–H groups in total. The van der Waals surface area contributed by atoms with Crippen molar-refractivity contribution < 1.29 is 9.90 Å². The number of nitrogens with one attached hydrogen (secondary N) is 2. The highest BCUT2D eigenvalue weighted by Gasteiger charge is 2.41. The molecule has 1 aromatic carbocycles. The number of hydrogen-bond donors (Lipinski definition) is 3. The quantitative estimate of drug-likeness (QED) is 0.525. The number of halogens is 1. The summed E-state index contributed by atoms with van der Waals surface area (Å²) >= 11 is 6.26. The number of ketones is 1. The van der Waals surface area contributed by atoms with Gasteiger partial charge < -0.3 is 15.4 Å². The molecule has 2 aromatic heterocycles. The van der Waals surface area contributed by atoms with Crippen molar-refractivity contribution in [2.45, 2.75) is 50.3 Å². The van der Waals surface area contributed by atoms with E-state index in [0.29, 0.717) is 39.0 Å².